The van der Waals surface area contributed by atoms with Gasteiger partial charge in [-0.25, -0.2) is 19.2 Å². The Hall–Kier alpha value is -4.09. The summed E-state index contributed by atoms with van der Waals surface area (Å²) in [5.41, 5.74) is -6.65. The average Bonchev–Trinajstić information content (AvgIpc) is 2.62. The normalized spacial score (nSPS) is 12.4. The van der Waals surface area contributed by atoms with Gasteiger partial charge in [0, 0.05) is 17.5 Å². The summed E-state index contributed by atoms with van der Waals surface area (Å²) < 4.78 is 46.4. The summed E-state index contributed by atoms with van der Waals surface area (Å²) in [7, 11) is 0. The Morgan fingerprint density at radius 1 is 0.767 bits per heavy atom. The molecule has 0 saturated heterocycles. The second kappa shape index (κ2) is 6.76. The van der Waals surface area contributed by atoms with Gasteiger partial charge in [0.15, 0.2) is 0 Å². The van der Waals surface area contributed by atoms with Crippen LogP contribution in [-0.4, -0.2) is 44.3 Å². The van der Waals surface area contributed by atoms with E-state index >= 15 is 0 Å². The standard InChI is InChI=1S/C18H9F3O9/c19-18(20,21)13-8-2-5-1-6(14(22)23)7(15(24)25)3-10(5)30-11(8)4-9(16(26)27)12(13)17(28)29/h1,3-4H,2H2,(H,22,23)(H,24,25)(H,26,27)(H,28,29). The topological polar surface area (TPSA) is 158 Å². The lowest BCUT2D eigenvalue weighted by molar-refractivity contribution is -0.138. The zero-order chi connectivity index (χ0) is 22.5. The van der Waals surface area contributed by atoms with E-state index in [9.17, 15) is 47.7 Å². The van der Waals surface area contributed by atoms with Crippen LogP contribution in [0.5, 0.6) is 11.5 Å². The van der Waals surface area contributed by atoms with E-state index in [4.69, 9.17) is 9.84 Å². The van der Waals surface area contributed by atoms with Crippen LogP contribution in [0.4, 0.5) is 13.2 Å². The predicted octanol–water partition coefficient (Wildman–Crippen LogP) is 3.19. The van der Waals surface area contributed by atoms with Gasteiger partial charge in [0.1, 0.15) is 11.5 Å². The summed E-state index contributed by atoms with van der Waals surface area (Å²) >= 11 is 0. The van der Waals surface area contributed by atoms with Gasteiger partial charge in [-0.2, -0.15) is 13.2 Å². The van der Waals surface area contributed by atoms with Gasteiger partial charge in [0.2, 0.25) is 0 Å². The summed E-state index contributed by atoms with van der Waals surface area (Å²) in [5.74, 6) is -8.27. The third-order valence-corrected chi connectivity index (χ3v) is 4.37. The quantitative estimate of drug-likeness (QED) is 0.491. The fourth-order valence-corrected chi connectivity index (χ4v) is 3.19. The Balaban J connectivity index is 2.34. The molecule has 156 valence electrons. The number of alkyl halides is 3. The summed E-state index contributed by atoms with van der Waals surface area (Å²) in [6.07, 6.45) is -5.94. The Bertz CT molecular complexity index is 1150. The molecule has 2 aromatic carbocycles. The molecule has 2 aromatic rings. The number of halogens is 3. The molecule has 0 fully saturated rings. The minimum absolute atomic E-state index is 0.144. The minimum atomic E-state index is -5.28. The Labute approximate surface area is 163 Å². The largest absolute Gasteiger partial charge is 0.478 e. The number of carboxylic acids is 4. The van der Waals surface area contributed by atoms with Crippen molar-refractivity contribution in [2.24, 2.45) is 0 Å². The molecule has 0 unspecified atom stereocenters. The van der Waals surface area contributed by atoms with Crippen LogP contribution in [0, 0.1) is 0 Å². The molecular formula is C18H9F3O9. The summed E-state index contributed by atoms with van der Waals surface area (Å²) in [6, 6.07) is 2.21. The number of carbonyl (C=O) groups is 4. The second-order valence-corrected chi connectivity index (χ2v) is 6.15. The SMILES string of the molecule is O=C(O)c1cc2c(cc1C(=O)O)Oc1cc(C(=O)O)c(C(=O)O)c(C(F)(F)F)c1C2. The zero-order valence-corrected chi connectivity index (χ0v) is 14.4. The van der Waals surface area contributed by atoms with Crippen molar-refractivity contribution in [3.63, 3.8) is 0 Å². The third kappa shape index (κ3) is 3.27. The van der Waals surface area contributed by atoms with Crippen molar-refractivity contribution < 1.29 is 57.5 Å². The van der Waals surface area contributed by atoms with Crippen LogP contribution in [0.2, 0.25) is 0 Å². The molecule has 4 N–H and O–H groups in total. The highest BCUT2D eigenvalue weighted by Gasteiger charge is 2.43. The number of hydrogen-bond donors (Lipinski definition) is 4. The zero-order valence-electron chi connectivity index (χ0n) is 14.4. The second-order valence-electron chi connectivity index (χ2n) is 6.15. The molecule has 3 rings (SSSR count). The Kier molecular flexibility index (Phi) is 4.65. The summed E-state index contributed by atoms with van der Waals surface area (Å²) in [4.78, 5) is 45.4. The van der Waals surface area contributed by atoms with Crippen LogP contribution in [0.25, 0.3) is 0 Å². The van der Waals surface area contributed by atoms with Gasteiger partial charge < -0.3 is 25.2 Å². The third-order valence-electron chi connectivity index (χ3n) is 4.37. The molecule has 0 saturated carbocycles. The molecule has 1 aliphatic heterocycles. The number of ether oxygens (including phenoxy) is 1. The van der Waals surface area contributed by atoms with Crippen molar-refractivity contribution in [1.29, 1.82) is 0 Å². The molecule has 0 atom stereocenters. The van der Waals surface area contributed by atoms with Crippen LogP contribution in [-0.2, 0) is 12.6 Å². The van der Waals surface area contributed by atoms with Crippen molar-refractivity contribution in [1.82, 2.24) is 0 Å². The average molecular weight is 426 g/mol. The van der Waals surface area contributed by atoms with E-state index in [1.54, 1.807) is 0 Å². The first-order valence-corrected chi connectivity index (χ1v) is 7.88. The smallest absolute Gasteiger partial charge is 0.417 e. The number of carboxylic acid groups (broad SMARTS) is 4. The predicted molar refractivity (Wildman–Crippen MR) is 88.6 cm³/mol. The van der Waals surface area contributed by atoms with Crippen molar-refractivity contribution >= 4 is 23.9 Å². The molecular weight excluding hydrogens is 417 g/mol. The van der Waals surface area contributed by atoms with Gasteiger partial charge in [-0.05, 0) is 18.2 Å². The fourth-order valence-electron chi connectivity index (χ4n) is 3.19. The molecule has 0 spiro atoms. The van der Waals surface area contributed by atoms with Crippen molar-refractivity contribution in [2.75, 3.05) is 0 Å². The number of aromatic carboxylic acids is 4. The molecule has 0 amide bonds. The molecule has 0 aliphatic carbocycles. The number of rotatable bonds is 4. The van der Waals surface area contributed by atoms with E-state index in [2.05, 4.69) is 0 Å². The number of hydrogen-bond acceptors (Lipinski definition) is 5. The van der Waals surface area contributed by atoms with E-state index < -0.39 is 75.6 Å². The Morgan fingerprint density at radius 2 is 1.27 bits per heavy atom. The van der Waals surface area contributed by atoms with Gasteiger partial charge in [0.25, 0.3) is 0 Å². The minimum Gasteiger partial charge on any atom is -0.478 e. The monoisotopic (exact) mass is 426 g/mol. The van der Waals surface area contributed by atoms with Gasteiger partial charge in [0.05, 0.1) is 27.8 Å². The van der Waals surface area contributed by atoms with Crippen LogP contribution < -0.4 is 4.74 Å². The highest BCUT2D eigenvalue weighted by Crippen LogP contribution is 2.46. The van der Waals surface area contributed by atoms with E-state index in [-0.39, 0.29) is 11.3 Å². The first-order chi connectivity index (χ1) is 13.8. The van der Waals surface area contributed by atoms with Crippen LogP contribution >= 0.6 is 0 Å². The van der Waals surface area contributed by atoms with E-state index in [1.165, 1.54) is 0 Å². The van der Waals surface area contributed by atoms with E-state index in [1.807, 2.05) is 0 Å². The van der Waals surface area contributed by atoms with Crippen LogP contribution in [0.3, 0.4) is 0 Å². The first kappa shape index (κ1) is 20.6. The molecule has 0 bridgehead atoms. The number of benzene rings is 2. The molecule has 1 aliphatic rings. The van der Waals surface area contributed by atoms with Crippen LogP contribution in [0.1, 0.15) is 58.1 Å². The van der Waals surface area contributed by atoms with Gasteiger partial charge in [-0.3, -0.25) is 0 Å². The highest BCUT2D eigenvalue weighted by molar-refractivity contribution is 6.04. The lowest BCUT2D eigenvalue weighted by Crippen LogP contribution is -2.23. The Morgan fingerprint density at radius 3 is 1.73 bits per heavy atom. The lowest BCUT2D eigenvalue weighted by Gasteiger charge is -2.26. The highest BCUT2D eigenvalue weighted by atomic mass is 19.4. The maximum absolute atomic E-state index is 13.7. The van der Waals surface area contributed by atoms with E-state index in [0.717, 1.165) is 12.1 Å². The van der Waals surface area contributed by atoms with Crippen LogP contribution in [0.15, 0.2) is 18.2 Å². The summed E-state index contributed by atoms with van der Waals surface area (Å²) in [5, 5.41) is 36.8. The molecule has 1 heterocycles. The van der Waals surface area contributed by atoms with Gasteiger partial charge in [-0.15, -0.1) is 0 Å². The molecule has 12 heteroatoms. The van der Waals surface area contributed by atoms with Crippen molar-refractivity contribution in [2.45, 2.75) is 12.6 Å². The van der Waals surface area contributed by atoms with Gasteiger partial charge >= 0.3 is 30.1 Å². The van der Waals surface area contributed by atoms with Crippen molar-refractivity contribution in [3.8, 4) is 11.5 Å². The van der Waals surface area contributed by atoms with Crippen molar-refractivity contribution in [3.05, 3.63) is 57.1 Å². The maximum atomic E-state index is 13.7. The fraction of sp³-hybridized carbons (Fsp3) is 0.111. The lowest BCUT2D eigenvalue weighted by atomic mass is 9.88. The molecule has 0 radical (unpaired) electrons. The molecule has 9 nitrogen and oxygen atoms in total. The first-order valence-electron chi connectivity index (χ1n) is 7.88. The summed E-state index contributed by atoms with van der Waals surface area (Å²) in [6.45, 7) is 0. The molecule has 30 heavy (non-hydrogen) atoms. The van der Waals surface area contributed by atoms with Gasteiger partial charge in [-0.1, -0.05) is 0 Å². The number of fused-ring (bicyclic) bond motifs is 2. The molecule has 0 aromatic heterocycles. The maximum Gasteiger partial charge on any atom is 0.417 e. The van der Waals surface area contributed by atoms with E-state index in [0.29, 0.717) is 6.07 Å².